The summed E-state index contributed by atoms with van der Waals surface area (Å²) in [5, 5.41) is 0. The lowest BCUT2D eigenvalue weighted by Crippen LogP contribution is -2.57. The third kappa shape index (κ3) is 3.70. The van der Waals surface area contributed by atoms with E-state index < -0.39 is 21.2 Å². The van der Waals surface area contributed by atoms with Gasteiger partial charge in [0.15, 0.2) is 15.6 Å². The van der Waals surface area contributed by atoms with Crippen LogP contribution in [0.2, 0.25) is 0 Å². The topological polar surface area (TPSA) is 52.6 Å². The molecule has 22 heavy (non-hydrogen) atoms. The molecule has 5 heteroatoms. The van der Waals surface area contributed by atoms with Gasteiger partial charge in [-0.2, -0.15) is 0 Å². The van der Waals surface area contributed by atoms with Crippen molar-refractivity contribution in [2.45, 2.75) is 63.9 Å². The molecule has 0 unspecified atom stereocenters. The summed E-state index contributed by atoms with van der Waals surface area (Å²) in [6, 6.07) is 6.96. The number of benzene rings is 1. The second-order valence-electron chi connectivity index (χ2n) is 7.13. The van der Waals surface area contributed by atoms with E-state index in [4.69, 9.17) is 9.47 Å². The van der Waals surface area contributed by atoms with Crippen LogP contribution in [0, 0.1) is 12.8 Å². The van der Waals surface area contributed by atoms with Gasteiger partial charge >= 0.3 is 0 Å². The Morgan fingerprint density at radius 1 is 1.09 bits per heavy atom. The third-order valence-electron chi connectivity index (χ3n) is 4.22. The zero-order valence-corrected chi connectivity index (χ0v) is 15.0. The molecule has 1 aromatic carbocycles. The van der Waals surface area contributed by atoms with E-state index in [1.807, 2.05) is 53.7 Å². The molecule has 0 saturated carbocycles. The summed E-state index contributed by atoms with van der Waals surface area (Å²) in [5.41, 5.74) is 0.470. The van der Waals surface area contributed by atoms with Crippen molar-refractivity contribution in [2.75, 3.05) is 5.75 Å². The van der Waals surface area contributed by atoms with Crippen LogP contribution in [-0.2, 0) is 19.3 Å². The molecule has 1 aliphatic rings. The summed E-state index contributed by atoms with van der Waals surface area (Å²) in [6.45, 7) is 11.4. The van der Waals surface area contributed by atoms with Crippen molar-refractivity contribution >= 4 is 9.84 Å². The SMILES string of the molecule is Cc1ccc(S(=O)(=O)C[C@H]2[C@H](C)OC(C)(C)OC2(C)C)cc1. The fourth-order valence-corrected chi connectivity index (χ4v) is 5.13. The van der Waals surface area contributed by atoms with Crippen LogP contribution in [0.3, 0.4) is 0 Å². The average molecular weight is 326 g/mol. The molecule has 0 amide bonds. The van der Waals surface area contributed by atoms with Crippen LogP contribution in [0.4, 0.5) is 0 Å². The minimum absolute atomic E-state index is 0.0142. The van der Waals surface area contributed by atoms with Crippen LogP contribution >= 0.6 is 0 Å². The molecule has 0 aliphatic carbocycles. The van der Waals surface area contributed by atoms with E-state index in [1.54, 1.807) is 12.1 Å². The molecule has 2 atom stereocenters. The molecule has 1 heterocycles. The first-order valence-corrected chi connectivity index (χ1v) is 9.26. The summed E-state index contributed by atoms with van der Waals surface area (Å²) in [5.74, 6) is -0.917. The van der Waals surface area contributed by atoms with Crippen LogP contribution in [0.25, 0.3) is 0 Å². The molecule has 124 valence electrons. The molecule has 0 N–H and O–H groups in total. The minimum Gasteiger partial charge on any atom is -0.347 e. The number of hydrogen-bond donors (Lipinski definition) is 0. The molecule has 2 rings (SSSR count). The van der Waals surface area contributed by atoms with Gasteiger partial charge in [0.1, 0.15) is 0 Å². The molecule has 0 spiro atoms. The van der Waals surface area contributed by atoms with E-state index in [-0.39, 0.29) is 17.8 Å². The first-order chi connectivity index (χ1) is 9.93. The minimum atomic E-state index is -3.38. The standard InChI is InChI=1S/C17H26O4S/c1-12-7-9-14(10-8-12)22(18,19)11-15-13(2)20-17(5,6)21-16(15,3)4/h7-10,13,15H,11H2,1-6H3/t13-,15-/m0/s1. The van der Waals surface area contributed by atoms with Gasteiger partial charge in [-0.15, -0.1) is 0 Å². The summed E-state index contributed by atoms with van der Waals surface area (Å²) in [4.78, 5) is 0.353. The first kappa shape index (κ1) is 17.4. The number of hydrogen-bond acceptors (Lipinski definition) is 4. The second kappa shape index (κ2) is 5.62. The molecule has 0 bridgehead atoms. The van der Waals surface area contributed by atoms with Crippen molar-refractivity contribution in [3.05, 3.63) is 29.8 Å². The fourth-order valence-electron chi connectivity index (χ4n) is 3.24. The van der Waals surface area contributed by atoms with Gasteiger partial charge in [-0.25, -0.2) is 8.42 Å². The van der Waals surface area contributed by atoms with Gasteiger partial charge in [0.05, 0.1) is 22.4 Å². The zero-order valence-electron chi connectivity index (χ0n) is 14.2. The first-order valence-electron chi connectivity index (χ1n) is 7.60. The predicted molar refractivity (Wildman–Crippen MR) is 86.5 cm³/mol. The maximum Gasteiger partial charge on any atom is 0.178 e. The summed E-state index contributed by atoms with van der Waals surface area (Å²) in [6.07, 6.45) is -0.195. The highest BCUT2D eigenvalue weighted by Crippen LogP contribution is 2.39. The Hall–Kier alpha value is -0.910. The van der Waals surface area contributed by atoms with Gasteiger partial charge in [0, 0.05) is 5.92 Å². The van der Waals surface area contributed by atoms with Crippen LogP contribution in [0.15, 0.2) is 29.2 Å². The van der Waals surface area contributed by atoms with Crippen molar-refractivity contribution in [1.82, 2.24) is 0 Å². The van der Waals surface area contributed by atoms with Crippen LogP contribution in [-0.4, -0.2) is 31.7 Å². The van der Waals surface area contributed by atoms with Crippen molar-refractivity contribution in [3.8, 4) is 0 Å². The Balaban J connectivity index is 2.27. The predicted octanol–water partition coefficient (Wildman–Crippen LogP) is 3.33. The van der Waals surface area contributed by atoms with Crippen LogP contribution in [0.5, 0.6) is 0 Å². The lowest BCUT2D eigenvalue weighted by atomic mass is 9.86. The van der Waals surface area contributed by atoms with Crippen molar-refractivity contribution in [3.63, 3.8) is 0 Å². The van der Waals surface area contributed by atoms with Gasteiger partial charge < -0.3 is 9.47 Å². The quantitative estimate of drug-likeness (QED) is 0.855. The molecule has 1 saturated heterocycles. The Kier molecular flexibility index (Phi) is 4.46. The maximum absolute atomic E-state index is 12.7. The van der Waals surface area contributed by atoms with Gasteiger partial charge in [-0.1, -0.05) is 17.7 Å². The number of aryl methyl sites for hydroxylation is 1. The molecular formula is C17H26O4S. The Bertz CT molecular complexity index is 629. The average Bonchev–Trinajstić information content (AvgIpc) is 2.32. The largest absolute Gasteiger partial charge is 0.347 e. The van der Waals surface area contributed by atoms with Crippen molar-refractivity contribution < 1.29 is 17.9 Å². The molecular weight excluding hydrogens is 300 g/mol. The van der Waals surface area contributed by atoms with Crippen LogP contribution in [0.1, 0.15) is 40.2 Å². The van der Waals surface area contributed by atoms with E-state index in [2.05, 4.69) is 0 Å². The summed E-state index contributed by atoms with van der Waals surface area (Å²) < 4.78 is 37.2. The smallest absolute Gasteiger partial charge is 0.178 e. The number of rotatable bonds is 3. The van der Waals surface area contributed by atoms with E-state index in [0.29, 0.717) is 4.90 Å². The molecule has 1 aromatic rings. The fraction of sp³-hybridized carbons (Fsp3) is 0.647. The molecule has 1 aliphatic heterocycles. The Morgan fingerprint density at radius 2 is 1.64 bits per heavy atom. The number of sulfone groups is 1. The van der Waals surface area contributed by atoms with E-state index in [1.165, 1.54) is 0 Å². The molecule has 0 radical (unpaired) electrons. The lowest BCUT2D eigenvalue weighted by Gasteiger charge is -2.49. The van der Waals surface area contributed by atoms with E-state index in [0.717, 1.165) is 5.56 Å². The van der Waals surface area contributed by atoms with Crippen molar-refractivity contribution in [1.29, 1.82) is 0 Å². The summed E-state index contributed by atoms with van der Waals surface area (Å²) in [7, 11) is -3.38. The lowest BCUT2D eigenvalue weighted by molar-refractivity contribution is -0.341. The Morgan fingerprint density at radius 3 is 2.14 bits per heavy atom. The zero-order chi connectivity index (χ0) is 16.8. The molecule has 4 nitrogen and oxygen atoms in total. The van der Waals surface area contributed by atoms with Crippen molar-refractivity contribution in [2.24, 2.45) is 5.92 Å². The highest BCUT2D eigenvalue weighted by atomic mass is 32.2. The van der Waals surface area contributed by atoms with Gasteiger partial charge in [0.25, 0.3) is 0 Å². The Labute approximate surface area is 133 Å². The summed E-state index contributed by atoms with van der Waals surface area (Å²) >= 11 is 0. The van der Waals surface area contributed by atoms with Gasteiger partial charge in [-0.3, -0.25) is 0 Å². The normalized spacial score (nSPS) is 27.5. The monoisotopic (exact) mass is 326 g/mol. The highest BCUT2D eigenvalue weighted by molar-refractivity contribution is 7.91. The second-order valence-corrected chi connectivity index (χ2v) is 9.16. The molecule has 0 aromatic heterocycles. The van der Waals surface area contributed by atoms with E-state index >= 15 is 0 Å². The maximum atomic E-state index is 12.7. The third-order valence-corrected chi connectivity index (χ3v) is 6.01. The molecule has 1 fully saturated rings. The van der Waals surface area contributed by atoms with Gasteiger partial charge in [-0.05, 0) is 53.7 Å². The number of ether oxygens (including phenoxy) is 2. The van der Waals surface area contributed by atoms with Crippen LogP contribution < -0.4 is 0 Å². The van der Waals surface area contributed by atoms with Gasteiger partial charge in [0.2, 0.25) is 0 Å². The highest BCUT2D eigenvalue weighted by Gasteiger charge is 2.48. The van der Waals surface area contributed by atoms with E-state index in [9.17, 15) is 8.42 Å².